The molecule has 0 saturated carbocycles. The maximum absolute atomic E-state index is 3.43. The van der Waals surface area contributed by atoms with E-state index in [0.717, 1.165) is 11.8 Å². The fourth-order valence-corrected chi connectivity index (χ4v) is 1.72. The summed E-state index contributed by atoms with van der Waals surface area (Å²) in [5.41, 5.74) is 4.15. The molecule has 1 N–H and O–H groups in total. The van der Waals surface area contributed by atoms with E-state index >= 15 is 0 Å². The van der Waals surface area contributed by atoms with Gasteiger partial charge in [-0.25, -0.2) is 0 Å². The number of halogens is 1. The highest BCUT2D eigenvalue weighted by Crippen LogP contribution is 2.15. The van der Waals surface area contributed by atoms with Crippen LogP contribution in [0.1, 0.15) is 23.7 Å². The molecule has 0 atom stereocenters. The van der Waals surface area contributed by atoms with Crippen LogP contribution in [0.3, 0.4) is 0 Å². The van der Waals surface area contributed by atoms with Gasteiger partial charge in [0.25, 0.3) is 0 Å². The zero-order valence-corrected chi connectivity index (χ0v) is 7.96. The minimum Gasteiger partial charge on any atom is -0.364 e. The molecule has 0 spiro atoms. The summed E-state index contributed by atoms with van der Waals surface area (Å²) in [6.45, 7) is 4.32. The number of hydrogen-bond acceptors (Lipinski definition) is 0. The van der Waals surface area contributed by atoms with Crippen molar-refractivity contribution in [3.8, 4) is 0 Å². The van der Waals surface area contributed by atoms with Gasteiger partial charge in [-0.2, -0.15) is 0 Å². The highest BCUT2D eigenvalue weighted by atomic mass is 79.9. The second-order valence-corrected chi connectivity index (χ2v) is 2.98. The normalized spacial score (nSPS) is 10.3. The van der Waals surface area contributed by atoms with E-state index in [1.165, 1.54) is 16.8 Å². The van der Waals surface area contributed by atoms with Crippen molar-refractivity contribution in [2.24, 2.45) is 0 Å². The Balaban J connectivity index is 3.01. The lowest BCUT2D eigenvalue weighted by atomic mass is 10.1. The highest BCUT2D eigenvalue weighted by Gasteiger charge is 2.02. The molecule has 56 valence electrons. The fourth-order valence-electron chi connectivity index (χ4n) is 1.22. The Bertz CT molecular complexity index is 215. The monoisotopic (exact) mass is 201 g/mol. The lowest BCUT2D eigenvalue weighted by Gasteiger charge is -1.96. The standard InChI is InChI=1S/C8H12BrN/c1-3-7-6(2)5-10-8(7)4-9/h5,10H,3-4H2,1-2H3. The molecule has 0 aliphatic heterocycles. The maximum Gasteiger partial charge on any atom is 0.0437 e. The van der Waals surface area contributed by atoms with Crippen LogP contribution in [-0.4, -0.2) is 4.98 Å². The molecule has 0 bridgehead atoms. The molecule has 0 amide bonds. The number of H-pyrrole nitrogens is 1. The minimum absolute atomic E-state index is 0.935. The van der Waals surface area contributed by atoms with Gasteiger partial charge in [0.1, 0.15) is 0 Å². The van der Waals surface area contributed by atoms with Crippen LogP contribution in [0.2, 0.25) is 0 Å². The first-order valence-corrected chi connectivity index (χ1v) is 4.63. The van der Waals surface area contributed by atoms with Crippen molar-refractivity contribution in [2.45, 2.75) is 25.6 Å². The van der Waals surface area contributed by atoms with E-state index < -0.39 is 0 Å². The van der Waals surface area contributed by atoms with E-state index in [1.54, 1.807) is 0 Å². The third-order valence-corrected chi connectivity index (χ3v) is 2.35. The lowest BCUT2D eigenvalue weighted by molar-refractivity contribution is 1.08. The SMILES string of the molecule is CCc1c(C)c[nH]c1CBr. The van der Waals surface area contributed by atoms with Gasteiger partial charge in [-0.15, -0.1) is 0 Å². The minimum atomic E-state index is 0.935. The van der Waals surface area contributed by atoms with Crippen LogP contribution in [0.4, 0.5) is 0 Å². The van der Waals surface area contributed by atoms with Gasteiger partial charge < -0.3 is 4.98 Å². The average molecular weight is 202 g/mol. The molecule has 0 fully saturated rings. The second kappa shape index (κ2) is 3.24. The molecular formula is C8H12BrN. The van der Waals surface area contributed by atoms with Gasteiger partial charge in [0, 0.05) is 17.2 Å². The maximum atomic E-state index is 3.43. The molecule has 1 rings (SSSR count). The van der Waals surface area contributed by atoms with Gasteiger partial charge in [0.15, 0.2) is 0 Å². The van der Waals surface area contributed by atoms with Gasteiger partial charge in [-0.05, 0) is 24.5 Å². The topological polar surface area (TPSA) is 15.8 Å². The van der Waals surface area contributed by atoms with Crippen molar-refractivity contribution in [3.05, 3.63) is 23.0 Å². The molecule has 0 aliphatic carbocycles. The summed E-state index contributed by atoms with van der Waals surface area (Å²) >= 11 is 3.43. The predicted octanol–water partition coefficient (Wildman–Crippen LogP) is 2.78. The van der Waals surface area contributed by atoms with Gasteiger partial charge in [-0.1, -0.05) is 22.9 Å². The van der Waals surface area contributed by atoms with Crippen molar-refractivity contribution in [2.75, 3.05) is 0 Å². The Morgan fingerprint density at radius 2 is 2.30 bits per heavy atom. The van der Waals surface area contributed by atoms with Crippen LogP contribution >= 0.6 is 15.9 Å². The highest BCUT2D eigenvalue weighted by molar-refractivity contribution is 9.08. The van der Waals surface area contributed by atoms with Crippen molar-refractivity contribution in [1.82, 2.24) is 4.98 Å². The molecule has 0 aromatic carbocycles. The van der Waals surface area contributed by atoms with Crippen LogP contribution in [0, 0.1) is 6.92 Å². The molecule has 1 nitrogen and oxygen atoms in total. The summed E-state index contributed by atoms with van der Waals surface area (Å²) in [5.74, 6) is 0. The van der Waals surface area contributed by atoms with Crippen LogP contribution in [0.25, 0.3) is 0 Å². The first-order valence-electron chi connectivity index (χ1n) is 3.51. The van der Waals surface area contributed by atoms with Crippen molar-refractivity contribution < 1.29 is 0 Å². The molecule has 1 aromatic rings. The van der Waals surface area contributed by atoms with Crippen molar-refractivity contribution in [1.29, 1.82) is 0 Å². The summed E-state index contributed by atoms with van der Waals surface area (Å²) in [6.07, 6.45) is 3.19. The van der Waals surface area contributed by atoms with Crippen LogP contribution in [-0.2, 0) is 11.8 Å². The number of hydrogen-bond donors (Lipinski definition) is 1. The number of rotatable bonds is 2. The number of aromatic amines is 1. The van der Waals surface area contributed by atoms with Gasteiger partial charge in [-0.3, -0.25) is 0 Å². The largest absolute Gasteiger partial charge is 0.364 e. The molecule has 0 radical (unpaired) electrons. The van der Waals surface area contributed by atoms with E-state index in [0.29, 0.717) is 0 Å². The average Bonchev–Trinajstić information content (AvgIpc) is 2.30. The van der Waals surface area contributed by atoms with Gasteiger partial charge >= 0.3 is 0 Å². The zero-order valence-electron chi connectivity index (χ0n) is 6.37. The van der Waals surface area contributed by atoms with Gasteiger partial charge in [0.05, 0.1) is 0 Å². The number of nitrogens with one attached hydrogen (secondary N) is 1. The zero-order chi connectivity index (χ0) is 7.56. The second-order valence-electron chi connectivity index (χ2n) is 2.42. The van der Waals surface area contributed by atoms with E-state index in [1.807, 2.05) is 0 Å². The Labute approximate surface area is 70.0 Å². The number of aromatic nitrogens is 1. The molecule has 0 saturated heterocycles. The smallest absolute Gasteiger partial charge is 0.0437 e. The summed E-state index contributed by atoms with van der Waals surface area (Å²) in [7, 11) is 0. The summed E-state index contributed by atoms with van der Waals surface area (Å²) in [6, 6.07) is 0. The van der Waals surface area contributed by atoms with E-state index in [2.05, 4.69) is 41.0 Å². The third-order valence-electron chi connectivity index (χ3n) is 1.79. The fraction of sp³-hybridized carbons (Fsp3) is 0.500. The van der Waals surface area contributed by atoms with Crippen molar-refractivity contribution >= 4 is 15.9 Å². The van der Waals surface area contributed by atoms with Crippen LogP contribution in [0.15, 0.2) is 6.20 Å². The Hall–Kier alpha value is -0.240. The van der Waals surface area contributed by atoms with Crippen molar-refractivity contribution in [3.63, 3.8) is 0 Å². The molecule has 0 aliphatic rings. The predicted molar refractivity (Wildman–Crippen MR) is 47.5 cm³/mol. The number of alkyl halides is 1. The van der Waals surface area contributed by atoms with E-state index in [4.69, 9.17) is 0 Å². The van der Waals surface area contributed by atoms with E-state index in [9.17, 15) is 0 Å². The van der Waals surface area contributed by atoms with Crippen LogP contribution in [0.5, 0.6) is 0 Å². The Morgan fingerprint density at radius 3 is 2.70 bits per heavy atom. The first kappa shape index (κ1) is 7.86. The Kier molecular flexibility index (Phi) is 2.55. The quantitative estimate of drug-likeness (QED) is 0.709. The molecule has 2 heteroatoms. The first-order chi connectivity index (χ1) is 4.79. The molecular weight excluding hydrogens is 190 g/mol. The van der Waals surface area contributed by atoms with Crippen LogP contribution < -0.4 is 0 Å². The molecule has 0 unspecified atom stereocenters. The molecule has 10 heavy (non-hydrogen) atoms. The molecule has 1 heterocycles. The molecule has 1 aromatic heterocycles. The Morgan fingerprint density at radius 1 is 1.60 bits per heavy atom. The number of aryl methyl sites for hydroxylation is 1. The summed E-state index contributed by atoms with van der Waals surface area (Å²) in [4.78, 5) is 3.23. The lowest BCUT2D eigenvalue weighted by Crippen LogP contribution is -1.86. The van der Waals surface area contributed by atoms with Gasteiger partial charge in [0.2, 0.25) is 0 Å². The third kappa shape index (κ3) is 1.26. The summed E-state index contributed by atoms with van der Waals surface area (Å²) < 4.78 is 0. The van der Waals surface area contributed by atoms with E-state index in [-0.39, 0.29) is 0 Å². The summed E-state index contributed by atoms with van der Waals surface area (Å²) in [5, 5.41) is 0.935.